The molecule has 124 valence electrons. The average Bonchev–Trinajstić information content (AvgIpc) is 3.40. The van der Waals surface area contributed by atoms with Crippen LogP contribution in [-0.2, 0) is 16.0 Å². The molecule has 1 aliphatic carbocycles. The Morgan fingerprint density at radius 3 is 2.57 bits per heavy atom. The van der Waals surface area contributed by atoms with E-state index >= 15 is 0 Å². The van der Waals surface area contributed by atoms with Crippen LogP contribution in [0.1, 0.15) is 38.3 Å². The highest BCUT2D eigenvalue weighted by Crippen LogP contribution is 2.32. The Hall–Kier alpha value is -1.98. The van der Waals surface area contributed by atoms with Crippen LogP contribution in [0.3, 0.4) is 0 Å². The van der Waals surface area contributed by atoms with Gasteiger partial charge in [-0.2, -0.15) is 0 Å². The fraction of sp³-hybridized carbons (Fsp3) is 0.647. The van der Waals surface area contributed by atoms with Gasteiger partial charge in [0, 0.05) is 56.0 Å². The monoisotopic (exact) mass is 316 g/mol. The molecule has 0 spiro atoms. The van der Waals surface area contributed by atoms with E-state index < -0.39 is 0 Å². The van der Waals surface area contributed by atoms with Crippen LogP contribution >= 0.6 is 0 Å². The smallest absolute Gasteiger partial charge is 0.225 e. The minimum atomic E-state index is 0.0163. The highest BCUT2D eigenvalue weighted by Gasteiger charge is 2.36. The predicted octanol–water partition coefficient (Wildman–Crippen LogP) is 1.17. The molecule has 0 bridgehead atoms. The topological polar surface area (TPSA) is 75.2 Å². The number of piperidine rings is 1. The first-order valence-electron chi connectivity index (χ1n) is 8.47. The summed E-state index contributed by atoms with van der Waals surface area (Å²) in [5.41, 5.74) is 0.880. The van der Waals surface area contributed by atoms with E-state index in [-0.39, 0.29) is 23.8 Å². The minimum absolute atomic E-state index is 0.0163. The molecule has 2 fully saturated rings. The molecule has 1 aromatic rings. The van der Waals surface area contributed by atoms with Gasteiger partial charge in [0.15, 0.2) is 0 Å². The molecule has 2 aliphatic rings. The molecular formula is C17H24N4O2. The third-order valence-electron chi connectivity index (χ3n) is 4.62. The largest absolute Gasteiger partial charge is 0.353 e. The van der Waals surface area contributed by atoms with Crippen LogP contribution < -0.4 is 5.32 Å². The Kier molecular flexibility index (Phi) is 4.88. The van der Waals surface area contributed by atoms with Crippen molar-refractivity contribution in [2.45, 2.75) is 45.1 Å². The zero-order chi connectivity index (χ0) is 16.2. The molecule has 0 aromatic carbocycles. The number of rotatable bonds is 5. The molecule has 1 N–H and O–H groups in total. The van der Waals surface area contributed by atoms with Crippen molar-refractivity contribution in [2.75, 3.05) is 13.1 Å². The van der Waals surface area contributed by atoms with Gasteiger partial charge in [-0.1, -0.05) is 0 Å². The summed E-state index contributed by atoms with van der Waals surface area (Å²) in [7, 11) is 0. The molecule has 1 atom stereocenters. The van der Waals surface area contributed by atoms with Crippen LogP contribution in [0.2, 0.25) is 0 Å². The van der Waals surface area contributed by atoms with Crippen LogP contribution in [0.5, 0.6) is 0 Å². The lowest BCUT2D eigenvalue weighted by molar-refractivity contribution is -0.136. The normalized spacial score (nSPS) is 20.1. The molecule has 0 unspecified atom stereocenters. The van der Waals surface area contributed by atoms with E-state index in [1.54, 1.807) is 18.6 Å². The van der Waals surface area contributed by atoms with E-state index in [0.717, 1.165) is 31.4 Å². The second kappa shape index (κ2) is 7.06. The summed E-state index contributed by atoms with van der Waals surface area (Å²) in [6.07, 6.45) is 9.33. The second-order valence-corrected chi connectivity index (χ2v) is 6.68. The highest BCUT2D eigenvalue weighted by molar-refractivity contribution is 5.82. The van der Waals surface area contributed by atoms with Gasteiger partial charge in [-0.05, 0) is 32.6 Å². The SMILES string of the molecule is C[C@H](Cc1cnccn1)NC(=O)C1CCN(C(=O)C2CC2)CC1. The van der Waals surface area contributed by atoms with E-state index in [4.69, 9.17) is 0 Å². The number of carbonyl (C=O) groups excluding carboxylic acids is 2. The number of aromatic nitrogens is 2. The van der Waals surface area contributed by atoms with Gasteiger partial charge in [0.1, 0.15) is 0 Å². The number of hydrogen-bond acceptors (Lipinski definition) is 4. The lowest BCUT2D eigenvalue weighted by Gasteiger charge is -2.32. The first-order valence-corrected chi connectivity index (χ1v) is 8.47. The average molecular weight is 316 g/mol. The first kappa shape index (κ1) is 15.9. The lowest BCUT2D eigenvalue weighted by Crippen LogP contribution is -2.45. The highest BCUT2D eigenvalue weighted by atomic mass is 16.2. The Morgan fingerprint density at radius 1 is 1.22 bits per heavy atom. The molecule has 3 rings (SSSR count). The number of hydrogen-bond donors (Lipinski definition) is 1. The van der Waals surface area contributed by atoms with Gasteiger partial charge >= 0.3 is 0 Å². The van der Waals surface area contributed by atoms with E-state index in [1.165, 1.54) is 0 Å². The fourth-order valence-electron chi connectivity index (χ4n) is 3.11. The van der Waals surface area contributed by atoms with E-state index in [9.17, 15) is 9.59 Å². The summed E-state index contributed by atoms with van der Waals surface area (Å²) >= 11 is 0. The molecule has 2 heterocycles. The molecule has 23 heavy (non-hydrogen) atoms. The van der Waals surface area contributed by atoms with Crippen LogP contribution in [0.4, 0.5) is 0 Å². The maximum atomic E-state index is 12.4. The summed E-state index contributed by atoms with van der Waals surface area (Å²) in [6, 6.07) is 0.0327. The van der Waals surface area contributed by atoms with Gasteiger partial charge in [0.05, 0.1) is 5.69 Å². The zero-order valence-corrected chi connectivity index (χ0v) is 13.6. The van der Waals surface area contributed by atoms with Gasteiger partial charge in [0.25, 0.3) is 0 Å². The van der Waals surface area contributed by atoms with Gasteiger partial charge in [-0.3, -0.25) is 19.6 Å². The molecule has 1 saturated heterocycles. The Bertz CT molecular complexity index is 551. The van der Waals surface area contributed by atoms with Crippen molar-refractivity contribution >= 4 is 11.8 Å². The predicted molar refractivity (Wildman–Crippen MR) is 85.4 cm³/mol. The van der Waals surface area contributed by atoms with Crippen molar-refractivity contribution in [1.82, 2.24) is 20.2 Å². The first-order chi connectivity index (χ1) is 11.1. The van der Waals surface area contributed by atoms with Gasteiger partial charge < -0.3 is 10.2 Å². The van der Waals surface area contributed by atoms with E-state index in [2.05, 4.69) is 15.3 Å². The van der Waals surface area contributed by atoms with Crippen molar-refractivity contribution in [3.8, 4) is 0 Å². The van der Waals surface area contributed by atoms with Crippen LogP contribution in [0.25, 0.3) is 0 Å². The van der Waals surface area contributed by atoms with Crippen LogP contribution in [0, 0.1) is 11.8 Å². The third kappa shape index (κ3) is 4.27. The zero-order valence-electron chi connectivity index (χ0n) is 13.6. The third-order valence-corrected chi connectivity index (χ3v) is 4.62. The van der Waals surface area contributed by atoms with E-state index in [0.29, 0.717) is 25.4 Å². The Balaban J connectivity index is 1.43. The Labute approximate surface area is 136 Å². The molecule has 1 aromatic heterocycles. The number of nitrogens with one attached hydrogen (secondary N) is 1. The minimum Gasteiger partial charge on any atom is -0.353 e. The lowest BCUT2D eigenvalue weighted by atomic mass is 9.95. The van der Waals surface area contributed by atoms with Crippen LogP contribution in [-0.4, -0.2) is 45.8 Å². The quantitative estimate of drug-likeness (QED) is 0.885. The standard InChI is InChI=1S/C17H24N4O2/c1-12(10-15-11-18-6-7-19-15)20-16(22)13-4-8-21(9-5-13)17(23)14-2-3-14/h6-7,11-14H,2-5,8-10H2,1H3,(H,20,22)/t12-/m1/s1. The van der Waals surface area contributed by atoms with Crippen molar-refractivity contribution < 1.29 is 9.59 Å². The van der Waals surface area contributed by atoms with Crippen molar-refractivity contribution in [3.05, 3.63) is 24.3 Å². The maximum absolute atomic E-state index is 12.4. The van der Waals surface area contributed by atoms with Crippen LogP contribution in [0.15, 0.2) is 18.6 Å². The van der Waals surface area contributed by atoms with Gasteiger partial charge in [-0.15, -0.1) is 0 Å². The summed E-state index contributed by atoms with van der Waals surface area (Å²) in [4.78, 5) is 34.6. The number of nitrogens with zero attached hydrogens (tertiary/aromatic N) is 3. The number of amides is 2. The second-order valence-electron chi connectivity index (χ2n) is 6.68. The molecule has 0 radical (unpaired) electrons. The molecule has 6 heteroatoms. The van der Waals surface area contributed by atoms with Crippen molar-refractivity contribution in [1.29, 1.82) is 0 Å². The number of carbonyl (C=O) groups is 2. The molecular weight excluding hydrogens is 292 g/mol. The fourth-order valence-corrected chi connectivity index (χ4v) is 3.11. The van der Waals surface area contributed by atoms with Gasteiger partial charge in [-0.25, -0.2) is 0 Å². The number of likely N-dealkylation sites (tertiary alicyclic amines) is 1. The van der Waals surface area contributed by atoms with Gasteiger partial charge in [0.2, 0.25) is 11.8 Å². The summed E-state index contributed by atoms with van der Waals surface area (Å²) in [5.74, 6) is 0.676. The molecule has 2 amide bonds. The van der Waals surface area contributed by atoms with E-state index in [1.807, 2.05) is 11.8 Å². The van der Waals surface area contributed by atoms with Crippen molar-refractivity contribution in [3.63, 3.8) is 0 Å². The summed E-state index contributed by atoms with van der Waals surface area (Å²) in [5, 5.41) is 3.07. The Morgan fingerprint density at radius 2 is 1.96 bits per heavy atom. The summed E-state index contributed by atoms with van der Waals surface area (Å²) < 4.78 is 0. The maximum Gasteiger partial charge on any atom is 0.225 e. The van der Waals surface area contributed by atoms with Crippen molar-refractivity contribution in [2.24, 2.45) is 11.8 Å². The molecule has 1 saturated carbocycles. The molecule has 6 nitrogen and oxygen atoms in total. The summed E-state index contributed by atoms with van der Waals surface area (Å²) in [6.45, 7) is 3.41. The molecule has 1 aliphatic heterocycles.